The van der Waals surface area contributed by atoms with Crippen LogP contribution in [0.2, 0.25) is 0 Å². The summed E-state index contributed by atoms with van der Waals surface area (Å²) in [5.41, 5.74) is 2.75. The first-order valence-corrected chi connectivity index (χ1v) is 8.22. The van der Waals surface area contributed by atoms with Crippen LogP contribution >= 0.6 is 0 Å². The van der Waals surface area contributed by atoms with Gasteiger partial charge in [-0.05, 0) is 69.3 Å². The number of aromatic nitrogens is 1. The van der Waals surface area contributed by atoms with Crippen LogP contribution in [0.15, 0.2) is 18.3 Å². The van der Waals surface area contributed by atoms with E-state index in [2.05, 4.69) is 34.3 Å². The maximum absolute atomic E-state index is 4.61. The molecule has 1 N–H and O–H groups in total. The first kappa shape index (κ1) is 14.0. The Labute approximate surface area is 122 Å². The van der Waals surface area contributed by atoms with Crippen molar-refractivity contribution in [1.82, 2.24) is 15.2 Å². The molecule has 0 aromatic carbocycles. The second-order valence-corrected chi connectivity index (χ2v) is 6.51. The Morgan fingerprint density at radius 3 is 3.05 bits per heavy atom. The Bertz CT molecular complexity index is 426. The van der Waals surface area contributed by atoms with Crippen molar-refractivity contribution in [2.24, 2.45) is 5.92 Å². The number of fused-ring (bicyclic) bond motifs is 1. The summed E-state index contributed by atoms with van der Waals surface area (Å²) in [7, 11) is 0. The topological polar surface area (TPSA) is 28.2 Å². The van der Waals surface area contributed by atoms with Crippen LogP contribution < -0.4 is 5.32 Å². The molecule has 3 heteroatoms. The Morgan fingerprint density at radius 1 is 1.35 bits per heavy atom. The molecule has 0 saturated carbocycles. The smallest absolute Gasteiger partial charge is 0.0605 e. The van der Waals surface area contributed by atoms with Crippen molar-refractivity contribution in [3.05, 3.63) is 29.6 Å². The summed E-state index contributed by atoms with van der Waals surface area (Å²) in [6.45, 7) is 7.33. The van der Waals surface area contributed by atoms with Gasteiger partial charge in [-0.3, -0.25) is 4.98 Å². The standard InChI is InChI=1S/C17H27N3/c1-14(13-20-10-2-3-11-20)12-19-16-8-4-6-15-7-5-9-18-17(15)16/h5,7,9,14,16,19H,2-4,6,8,10-13H2,1H3. The zero-order valence-corrected chi connectivity index (χ0v) is 12.6. The van der Waals surface area contributed by atoms with Gasteiger partial charge in [0.15, 0.2) is 0 Å². The Morgan fingerprint density at radius 2 is 2.20 bits per heavy atom. The van der Waals surface area contributed by atoms with Crippen molar-refractivity contribution in [3.8, 4) is 0 Å². The predicted molar refractivity (Wildman–Crippen MR) is 82.8 cm³/mol. The lowest BCUT2D eigenvalue weighted by Gasteiger charge is -2.27. The molecule has 1 aromatic heterocycles. The van der Waals surface area contributed by atoms with Crippen LogP contribution in [0.3, 0.4) is 0 Å². The lowest BCUT2D eigenvalue weighted by Crippen LogP contribution is -2.34. The summed E-state index contributed by atoms with van der Waals surface area (Å²) >= 11 is 0. The van der Waals surface area contributed by atoms with E-state index in [1.54, 1.807) is 0 Å². The summed E-state index contributed by atoms with van der Waals surface area (Å²) in [5, 5.41) is 3.76. The van der Waals surface area contributed by atoms with Crippen LogP contribution in [-0.2, 0) is 6.42 Å². The molecule has 2 atom stereocenters. The van der Waals surface area contributed by atoms with Crippen molar-refractivity contribution in [3.63, 3.8) is 0 Å². The predicted octanol–water partition coefficient (Wildman–Crippen LogP) is 2.78. The van der Waals surface area contributed by atoms with Crippen molar-refractivity contribution >= 4 is 0 Å². The van der Waals surface area contributed by atoms with Gasteiger partial charge in [0.2, 0.25) is 0 Å². The van der Waals surface area contributed by atoms with Gasteiger partial charge in [0.25, 0.3) is 0 Å². The number of hydrogen-bond donors (Lipinski definition) is 1. The number of nitrogens with zero attached hydrogens (tertiary/aromatic N) is 2. The molecule has 1 fully saturated rings. The Hall–Kier alpha value is -0.930. The van der Waals surface area contributed by atoms with Crippen LogP contribution in [0.1, 0.15) is 49.9 Å². The van der Waals surface area contributed by atoms with Crippen LogP contribution in [0, 0.1) is 5.92 Å². The molecule has 0 radical (unpaired) electrons. The minimum Gasteiger partial charge on any atom is -0.308 e. The molecule has 1 saturated heterocycles. The van der Waals surface area contributed by atoms with E-state index in [1.165, 1.54) is 63.0 Å². The van der Waals surface area contributed by atoms with E-state index in [4.69, 9.17) is 0 Å². The molecule has 20 heavy (non-hydrogen) atoms. The molecule has 0 amide bonds. The van der Waals surface area contributed by atoms with Gasteiger partial charge in [-0.25, -0.2) is 0 Å². The number of nitrogens with one attached hydrogen (secondary N) is 1. The van der Waals surface area contributed by atoms with Gasteiger partial charge in [0.05, 0.1) is 5.69 Å². The van der Waals surface area contributed by atoms with E-state index in [9.17, 15) is 0 Å². The van der Waals surface area contributed by atoms with Gasteiger partial charge in [-0.1, -0.05) is 13.0 Å². The normalized spacial score (nSPS) is 24.6. The summed E-state index contributed by atoms with van der Waals surface area (Å²) < 4.78 is 0. The SMILES string of the molecule is CC(CNC1CCCc2cccnc21)CN1CCCC1. The van der Waals surface area contributed by atoms with Gasteiger partial charge >= 0.3 is 0 Å². The summed E-state index contributed by atoms with van der Waals surface area (Å²) in [5.74, 6) is 0.724. The maximum atomic E-state index is 4.61. The van der Waals surface area contributed by atoms with Gasteiger partial charge in [-0.15, -0.1) is 0 Å². The fourth-order valence-corrected chi connectivity index (χ4v) is 3.62. The third-order valence-corrected chi connectivity index (χ3v) is 4.68. The van der Waals surface area contributed by atoms with Crippen LogP contribution in [0.5, 0.6) is 0 Å². The second kappa shape index (κ2) is 6.68. The largest absolute Gasteiger partial charge is 0.308 e. The highest BCUT2D eigenvalue weighted by atomic mass is 15.1. The minimum atomic E-state index is 0.473. The van der Waals surface area contributed by atoms with Gasteiger partial charge in [0, 0.05) is 18.8 Å². The third-order valence-electron chi connectivity index (χ3n) is 4.68. The summed E-state index contributed by atoms with van der Waals surface area (Å²) in [6.07, 6.45) is 8.44. The minimum absolute atomic E-state index is 0.473. The van der Waals surface area contributed by atoms with Crippen molar-refractivity contribution in [2.75, 3.05) is 26.2 Å². The van der Waals surface area contributed by atoms with E-state index in [0.717, 1.165) is 12.5 Å². The number of rotatable bonds is 5. The molecule has 3 rings (SSSR count). The summed E-state index contributed by atoms with van der Waals surface area (Å²) in [6, 6.07) is 4.78. The Balaban J connectivity index is 1.51. The van der Waals surface area contributed by atoms with E-state index in [0.29, 0.717) is 6.04 Å². The fraction of sp³-hybridized carbons (Fsp3) is 0.706. The molecule has 2 heterocycles. The lowest BCUT2D eigenvalue weighted by molar-refractivity contribution is 0.274. The number of likely N-dealkylation sites (tertiary alicyclic amines) is 1. The maximum Gasteiger partial charge on any atom is 0.0605 e. The molecular weight excluding hydrogens is 246 g/mol. The van der Waals surface area contributed by atoms with E-state index in [-0.39, 0.29) is 0 Å². The molecule has 3 nitrogen and oxygen atoms in total. The number of hydrogen-bond acceptors (Lipinski definition) is 3. The molecule has 2 aliphatic rings. The highest BCUT2D eigenvalue weighted by Gasteiger charge is 2.22. The number of aryl methyl sites for hydroxylation is 1. The molecule has 0 bridgehead atoms. The molecular formula is C17H27N3. The molecule has 1 aliphatic heterocycles. The van der Waals surface area contributed by atoms with Crippen molar-refractivity contribution in [1.29, 1.82) is 0 Å². The van der Waals surface area contributed by atoms with Crippen LogP contribution in [0.4, 0.5) is 0 Å². The molecule has 0 spiro atoms. The van der Waals surface area contributed by atoms with Crippen molar-refractivity contribution in [2.45, 2.75) is 45.1 Å². The monoisotopic (exact) mass is 273 g/mol. The first-order chi connectivity index (χ1) is 9.83. The van der Waals surface area contributed by atoms with Gasteiger partial charge in [-0.2, -0.15) is 0 Å². The third kappa shape index (κ3) is 3.39. The summed E-state index contributed by atoms with van der Waals surface area (Å²) in [4.78, 5) is 7.22. The molecule has 1 aliphatic carbocycles. The number of pyridine rings is 1. The quantitative estimate of drug-likeness (QED) is 0.894. The van der Waals surface area contributed by atoms with Gasteiger partial charge in [0.1, 0.15) is 0 Å². The lowest BCUT2D eigenvalue weighted by atomic mass is 9.91. The zero-order chi connectivity index (χ0) is 13.8. The van der Waals surface area contributed by atoms with E-state index in [1.807, 2.05) is 6.20 Å². The van der Waals surface area contributed by atoms with Crippen molar-refractivity contribution < 1.29 is 0 Å². The fourth-order valence-electron chi connectivity index (χ4n) is 3.62. The Kier molecular flexibility index (Phi) is 4.69. The average molecular weight is 273 g/mol. The van der Waals surface area contributed by atoms with Gasteiger partial charge < -0.3 is 10.2 Å². The first-order valence-electron chi connectivity index (χ1n) is 8.22. The molecule has 1 aromatic rings. The molecule has 110 valence electrons. The van der Waals surface area contributed by atoms with E-state index < -0.39 is 0 Å². The second-order valence-electron chi connectivity index (χ2n) is 6.51. The average Bonchev–Trinajstić information content (AvgIpc) is 2.98. The molecule has 2 unspecified atom stereocenters. The van der Waals surface area contributed by atoms with Crippen LogP contribution in [0.25, 0.3) is 0 Å². The van der Waals surface area contributed by atoms with E-state index >= 15 is 0 Å². The highest BCUT2D eigenvalue weighted by molar-refractivity contribution is 5.25. The highest BCUT2D eigenvalue weighted by Crippen LogP contribution is 2.27. The zero-order valence-electron chi connectivity index (χ0n) is 12.6. The van der Waals surface area contributed by atoms with Crippen LogP contribution in [-0.4, -0.2) is 36.1 Å².